The normalized spacial score (nSPS) is 24.3. The van der Waals surface area contributed by atoms with Gasteiger partial charge in [0.15, 0.2) is 6.17 Å². The van der Waals surface area contributed by atoms with Crippen LogP contribution in [0.2, 0.25) is 0 Å². The summed E-state index contributed by atoms with van der Waals surface area (Å²) in [6.45, 7) is 0.0124. The Kier molecular flexibility index (Phi) is 4.45. The molecule has 0 amide bonds. The molecule has 3 aromatic rings. The third-order valence-corrected chi connectivity index (χ3v) is 6.38. The number of carbonyl (C=O) groups excluding carboxylic acids is 1. The Morgan fingerprint density at radius 1 is 0.967 bits per heavy atom. The minimum atomic E-state index is -1.74. The third-order valence-electron chi connectivity index (χ3n) is 6.38. The first kappa shape index (κ1) is 19.0. The van der Waals surface area contributed by atoms with Crippen LogP contribution < -0.4 is 0 Å². The Morgan fingerprint density at radius 3 is 2.07 bits per heavy atom. The van der Waals surface area contributed by atoms with Crippen molar-refractivity contribution in [3.63, 3.8) is 0 Å². The topological polar surface area (TPSA) is 49.8 Å². The van der Waals surface area contributed by atoms with Gasteiger partial charge >= 0.3 is 5.97 Å². The van der Waals surface area contributed by atoms with Crippen LogP contribution in [0.3, 0.4) is 0 Å². The number of hydrogen-bond acceptors (Lipinski definition) is 4. The van der Waals surface area contributed by atoms with E-state index in [9.17, 15) is 9.90 Å². The smallest absolute Gasteiger partial charge is 0.326 e. The highest BCUT2D eigenvalue weighted by Gasteiger charge is 2.59. The highest BCUT2D eigenvalue weighted by Crippen LogP contribution is 2.56. The number of alkyl halides is 1. The summed E-state index contributed by atoms with van der Waals surface area (Å²) in [7, 11) is 1.25. The fraction of sp³-hybridized carbons (Fsp3) is 0.240. The van der Waals surface area contributed by atoms with Crippen LogP contribution in [0, 0.1) is 0 Å². The zero-order valence-electron chi connectivity index (χ0n) is 16.5. The number of carbonyl (C=O) groups is 1. The van der Waals surface area contributed by atoms with E-state index in [1.807, 2.05) is 78.9 Å². The lowest BCUT2D eigenvalue weighted by Gasteiger charge is -2.43. The molecule has 0 unspecified atom stereocenters. The summed E-state index contributed by atoms with van der Waals surface area (Å²) in [5, 5.41) is 10.5. The van der Waals surface area contributed by atoms with Crippen molar-refractivity contribution in [1.29, 1.82) is 0 Å². The number of fused-ring (bicyclic) bond motifs is 3. The van der Waals surface area contributed by atoms with Gasteiger partial charge in [0.1, 0.15) is 12.1 Å². The summed E-state index contributed by atoms with van der Waals surface area (Å²) in [5.74, 6) is -0.684. The second-order valence-corrected chi connectivity index (χ2v) is 7.80. The summed E-state index contributed by atoms with van der Waals surface area (Å²) in [4.78, 5) is 14.5. The highest BCUT2D eigenvalue weighted by atomic mass is 19.1. The molecule has 5 heteroatoms. The van der Waals surface area contributed by atoms with E-state index in [0.717, 1.165) is 27.8 Å². The number of benzene rings is 3. The maximum absolute atomic E-state index is 15.2. The number of likely N-dealkylation sites (tertiary alicyclic amines) is 1. The molecule has 0 aromatic heterocycles. The number of esters is 1. The molecule has 3 atom stereocenters. The molecule has 1 heterocycles. The molecule has 0 bridgehead atoms. The molecule has 4 nitrogen and oxygen atoms in total. The van der Waals surface area contributed by atoms with Crippen LogP contribution in [0.5, 0.6) is 0 Å². The van der Waals surface area contributed by atoms with Crippen molar-refractivity contribution in [2.75, 3.05) is 13.7 Å². The van der Waals surface area contributed by atoms with Crippen LogP contribution in [-0.2, 0) is 15.1 Å². The number of aliphatic hydroxyl groups excluding tert-OH is 1. The average Bonchev–Trinajstić information content (AvgIpc) is 3.26. The molecule has 1 saturated heterocycles. The molecule has 5 rings (SSSR count). The lowest BCUT2D eigenvalue weighted by Crippen LogP contribution is -2.53. The lowest BCUT2D eigenvalue weighted by atomic mass is 9.78. The molecule has 0 spiro atoms. The van der Waals surface area contributed by atoms with Gasteiger partial charge in [0, 0.05) is 6.54 Å². The van der Waals surface area contributed by atoms with Crippen LogP contribution in [0.15, 0.2) is 78.9 Å². The predicted molar refractivity (Wildman–Crippen MR) is 112 cm³/mol. The van der Waals surface area contributed by atoms with Crippen LogP contribution in [0.4, 0.5) is 4.39 Å². The van der Waals surface area contributed by atoms with E-state index >= 15 is 4.39 Å². The quantitative estimate of drug-likeness (QED) is 0.680. The van der Waals surface area contributed by atoms with Gasteiger partial charge in [-0.25, -0.2) is 4.39 Å². The monoisotopic (exact) mass is 403 g/mol. The molecule has 3 aromatic carbocycles. The number of methoxy groups -OCH3 is 1. The Bertz CT molecular complexity index is 1050. The zero-order chi connectivity index (χ0) is 20.9. The Hall–Kier alpha value is -3.02. The average molecular weight is 403 g/mol. The molecule has 0 radical (unpaired) electrons. The lowest BCUT2D eigenvalue weighted by molar-refractivity contribution is -0.149. The van der Waals surface area contributed by atoms with Crippen LogP contribution >= 0.6 is 0 Å². The van der Waals surface area contributed by atoms with E-state index in [1.54, 1.807) is 4.90 Å². The van der Waals surface area contributed by atoms with E-state index in [-0.39, 0.29) is 6.54 Å². The summed E-state index contributed by atoms with van der Waals surface area (Å²) < 4.78 is 20.1. The van der Waals surface area contributed by atoms with Crippen molar-refractivity contribution in [1.82, 2.24) is 4.90 Å². The molecular weight excluding hydrogens is 381 g/mol. The summed E-state index contributed by atoms with van der Waals surface area (Å²) in [5.41, 5.74) is 4.00. The van der Waals surface area contributed by atoms with E-state index in [4.69, 9.17) is 4.74 Å². The van der Waals surface area contributed by atoms with E-state index in [0.29, 0.717) is 0 Å². The van der Waals surface area contributed by atoms with E-state index in [2.05, 4.69) is 0 Å². The fourth-order valence-electron chi connectivity index (χ4n) is 5.20. The van der Waals surface area contributed by atoms with Gasteiger partial charge in [-0.3, -0.25) is 9.69 Å². The number of rotatable bonds is 3. The van der Waals surface area contributed by atoms with Gasteiger partial charge in [0.2, 0.25) is 0 Å². The van der Waals surface area contributed by atoms with Gasteiger partial charge in [-0.15, -0.1) is 0 Å². The van der Waals surface area contributed by atoms with E-state index in [1.165, 1.54) is 7.11 Å². The molecule has 1 aliphatic carbocycles. The number of aliphatic hydroxyl groups is 1. The van der Waals surface area contributed by atoms with Gasteiger partial charge in [0.25, 0.3) is 0 Å². The molecular formula is C25H22FNO3. The van der Waals surface area contributed by atoms with E-state index < -0.39 is 29.8 Å². The van der Waals surface area contributed by atoms with Gasteiger partial charge in [0.05, 0.1) is 12.6 Å². The number of β-amino-alcohol motifs (C(OH)–C–C–N with tert-alkyl or cyclic N) is 1. The minimum Gasteiger partial charge on any atom is -0.468 e. The van der Waals surface area contributed by atoms with Crippen molar-refractivity contribution in [3.8, 4) is 11.1 Å². The summed E-state index contributed by atoms with van der Waals surface area (Å²) in [6.07, 6.45) is -3.02. The number of hydrogen-bond donors (Lipinski definition) is 1. The molecule has 1 fully saturated rings. The fourth-order valence-corrected chi connectivity index (χ4v) is 5.20. The highest BCUT2D eigenvalue weighted by molar-refractivity contribution is 5.85. The summed E-state index contributed by atoms with van der Waals surface area (Å²) >= 11 is 0. The maximum Gasteiger partial charge on any atom is 0.326 e. The molecule has 152 valence electrons. The van der Waals surface area contributed by atoms with Crippen LogP contribution in [0.1, 0.15) is 16.7 Å². The largest absolute Gasteiger partial charge is 0.468 e. The SMILES string of the molecule is COC(=O)[C@@H]1[C@H](F)[C@H](O)CN1C1(c2ccccc2)c2ccccc2-c2ccccc21. The van der Waals surface area contributed by atoms with Gasteiger partial charge < -0.3 is 9.84 Å². The minimum absolute atomic E-state index is 0.0124. The first-order valence-electron chi connectivity index (χ1n) is 10.0. The molecule has 2 aliphatic rings. The molecule has 1 aliphatic heterocycles. The Morgan fingerprint density at radius 2 is 1.50 bits per heavy atom. The zero-order valence-corrected chi connectivity index (χ0v) is 16.5. The van der Waals surface area contributed by atoms with Gasteiger partial charge in [-0.05, 0) is 27.8 Å². The third kappa shape index (κ3) is 2.42. The standard InChI is InChI=1S/C25H22FNO3/c1-30-24(29)23-22(26)21(28)15-27(23)25(16-9-3-2-4-10-16)19-13-7-5-11-17(19)18-12-6-8-14-20(18)25/h2-14,21-23,28H,15H2,1H3/t21-,22-,23+/m1/s1. The predicted octanol–water partition coefficient (Wildman–Crippen LogP) is 3.52. The van der Waals surface area contributed by atoms with Crippen molar-refractivity contribution in [2.45, 2.75) is 23.9 Å². The maximum atomic E-state index is 15.2. The Balaban J connectivity index is 1.87. The second-order valence-electron chi connectivity index (χ2n) is 7.80. The van der Waals surface area contributed by atoms with Crippen LogP contribution in [0.25, 0.3) is 11.1 Å². The molecule has 30 heavy (non-hydrogen) atoms. The van der Waals surface area contributed by atoms with Crippen molar-refractivity contribution < 1.29 is 19.0 Å². The molecule has 1 N–H and O–H groups in total. The van der Waals surface area contributed by atoms with Crippen molar-refractivity contribution in [2.24, 2.45) is 0 Å². The van der Waals surface area contributed by atoms with Crippen molar-refractivity contribution >= 4 is 5.97 Å². The number of halogens is 1. The Labute approximate surface area is 174 Å². The summed E-state index contributed by atoms with van der Waals surface area (Å²) in [6, 6.07) is 24.6. The van der Waals surface area contributed by atoms with Crippen LogP contribution in [-0.4, -0.2) is 47.9 Å². The van der Waals surface area contributed by atoms with Crippen molar-refractivity contribution in [3.05, 3.63) is 95.6 Å². The molecule has 0 saturated carbocycles. The van der Waals surface area contributed by atoms with Gasteiger partial charge in [-0.2, -0.15) is 0 Å². The van der Waals surface area contributed by atoms with Gasteiger partial charge in [-0.1, -0.05) is 78.9 Å². The first-order chi connectivity index (χ1) is 14.6. The first-order valence-corrected chi connectivity index (χ1v) is 10.0. The number of ether oxygens (including phenoxy) is 1. The second kappa shape index (κ2) is 7.04. The number of nitrogens with zero attached hydrogens (tertiary/aromatic N) is 1.